The van der Waals surface area contributed by atoms with Crippen LogP contribution in [0.2, 0.25) is 0 Å². The second-order valence-electron chi connectivity index (χ2n) is 5.82. The third kappa shape index (κ3) is 2.82. The van der Waals surface area contributed by atoms with Crippen LogP contribution in [0.4, 0.5) is 5.69 Å². The van der Waals surface area contributed by atoms with E-state index in [0.717, 1.165) is 17.1 Å². The average Bonchev–Trinajstić information content (AvgIpc) is 3.28. The van der Waals surface area contributed by atoms with Gasteiger partial charge in [-0.2, -0.15) is 5.26 Å². The number of benzene rings is 1. The van der Waals surface area contributed by atoms with Crippen LogP contribution in [0.15, 0.2) is 65.2 Å². The van der Waals surface area contributed by atoms with Crippen molar-refractivity contribution in [2.45, 2.75) is 6.92 Å². The number of furan rings is 1. The number of amides is 1. The zero-order valence-corrected chi connectivity index (χ0v) is 13.9. The summed E-state index contributed by atoms with van der Waals surface area (Å²) in [5.74, 6) is 1.30. The highest BCUT2D eigenvalue weighted by atomic mass is 16.3. The van der Waals surface area contributed by atoms with Gasteiger partial charge in [0.2, 0.25) is 0 Å². The Morgan fingerprint density at radius 2 is 1.96 bits per heavy atom. The fourth-order valence-corrected chi connectivity index (χ4v) is 2.71. The Kier molecular flexibility index (Phi) is 3.75. The minimum absolute atomic E-state index is 0.249. The molecule has 6 heteroatoms. The number of aryl methyl sites for hydroxylation is 1. The van der Waals surface area contributed by atoms with Crippen molar-refractivity contribution in [2.75, 3.05) is 5.32 Å². The number of anilines is 1. The summed E-state index contributed by atoms with van der Waals surface area (Å²) >= 11 is 0. The number of aromatic nitrogens is 2. The zero-order valence-electron chi connectivity index (χ0n) is 13.9. The van der Waals surface area contributed by atoms with E-state index in [9.17, 15) is 4.79 Å². The van der Waals surface area contributed by atoms with E-state index in [2.05, 4.69) is 16.4 Å². The molecule has 0 aliphatic carbocycles. The van der Waals surface area contributed by atoms with Crippen molar-refractivity contribution in [1.82, 2.24) is 9.38 Å². The van der Waals surface area contributed by atoms with Gasteiger partial charge in [0, 0.05) is 17.4 Å². The first-order valence-corrected chi connectivity index (χ1v) is 8.00. The lowest BCUT2D eigenvalue weighted by molar-refractivity contribution is 0.102. The molecule has 6 nitrogen and oxygen atoms in total. The number of nitrogens with one attached hydrogen (secondary N) is 1. The van der Waals surface area contributed by atoms with Gasteiger partial charge in [0.15, 0.2) is 0 Å². The van der Waals surface area contributed by atoms with Crippen molar-refractivity contribution in [3.8, 4) is 17.4 Å². The molecule has 0 saturated heterocycles. The number of pyridine rings is 1. The van der Waals surface area contributed by atoms with Crippen LogP contribution in [0, 0.1) is 18.3 Å². The molecule has 3 aromatic heterocycles. The smallest absolute Gasteiger partial charge is 0.275 e. The molecule has 0 fully saturated rings. The highest BCUT2D eigenvalue weighted by molar-refractivity contribution is 6.03. The molecule has 1 amide bonds. The topological polar surface area (TPSA) is 83.3 Å². The van der Waals surface area contributed by atoms with Crippen molar-refractivity contribution >= 4 is 17.2 Å². The van der Waals surface area contributed by atoms with Gasteiger partial charge in [0.05, 0.1) is 0 Å². The summed E-state index contributed by atoms with van der Waals surface area (Å²) in [6.45, 7) is 1.89. The molecule has 26 heavy (non-hydrogen) atoms. The molecule has 0 radical (unpaired) electrons. The van der Waals surface area contributed by atoms with Gasteiger partial charge < -0.3 is 9.73 Å². The van der Waals surface area contributed by atoms with Crippen LogP contribution in [0.1, 0.15) is 21.9 Å². The summed E-state index contributed by atoms with van der Waals surface area (Å²) in [5.41, 5.74) is 2.81. The van der Waals surface area contributed by atoms with Crippen LogP contribution in [0.3, 0.4) is 0 Å². The van der Waals surface area contributed by atoms with Crippen LogP contribution in [-0.4, -0.2) is 15.3 Å². The predicted molar refractivity (Wildman–Crippen MR) is 96.7 cm³/mol. The van der Waals surface area contributed by atoms with E-state index < -0.39 is 0 Å². The molecule has 0 saturated carbocycles. The number of nitriles is 1. The Labute approximate surface area is 149 Å². The number of nitrogens with zero attached hydrogens (tertiary/aromatic N) is 3. The number of imidazole rings is 1. The summed E-state index contributed by atoms with van der Waals surface area (Å²) in [7, 11) is 0. The maximum atomic E-state index is 12.5. The van der Waals surface area contributed by atoms with Gasteiger partial charge in [0.1, 0.15) is 34.6 Å². The molecule has 3 heterocycles. The van der Waals surface area contributed by atoms with Crippen molar-refractivity contribution in [3.05, 3.63) is 77.9 Å². The van der Waals surface area contributed by atoms with E-state index in [0.29, 0.717) is 17.0 Å². The first-order valence-electron chi connectivity index (χ1n) is 8.00. The first-order chi connectivity index (χ1) is 12.6. The van der Waals surface area contributed by atoms with Crippen LogP contribution >= 0.6 is 0 Å². The summed E-state index contributed by atoms with van der Waals surface area (Å²) in [6.07, 6.45) is 1.56. The maximum absolute atomic E-state index is 12.5. The van der Waals surface area contributed by atoms with Crippen LogP contribution in [-0.2, 0) is 0 Å². The van der Waals surface area contributed by atoms with Crippen LogP contribution < -0.4 is 5.32 Å². The van der Waals surface area contributed by atoms with Gasteiger partial charge in [-0.3, -0.25) is 9.20 Å². The van der Waals surface area contributed by atoms with Gasteiger partial charge in [-0.1, -0.05) is 6.07 Å². The van der Waals surface area contributed by atoms with Crippen molar-refractivity contribution < 1.29 is 9.21 Å². The second kappa shape index (κ2) is 6.22. The van der Waals surface area contributed by atoms with Gasteiger partial charge >= 0.3 is 0 Å². The first kappa shape index (κ1) is 15.7. The fourth-order valence-electron chi connectivity index (χ4n) is 2.71. The van der Waals surface area contributed by atoms with Crippen molar-refractivity contribution in [1.29, 1.82) is 5.26 Å². The summed E-state index contributed by atoms with van der Waals surface area (Å²) in [4.78, 5) is 16.7. The standard InChI is InChI=1S/C20H14N4O2/c1-13-5-10-18(26-13)14-6-8-15(9-7-14)22-20(25)17-12-24-16(11-21)3-2-4-19(24)23-17/h2-10,12H,1H3,(H,22,25). The lowest BCUT2D eigenvalue weighted by atomic mass is 10.1. The number of hydrogen-bond acceptors (Lipinski definition) is 4. The number of rotatable bonds is 3. The molecule has 0 spiro atoms. The Morgan fingerprint density at radius 1 is 1.15 bits per heavy atom. The second-order valence-corrected chi connectivity index (χ2v) is 5.82. The molecule has 0 bridgehead atoms. The summed E-state index contributed by atoms with van der Waals surface area (Å²) < 4.78 is 7.18. The largest absolute Gasteiger partial charge is 0.461 e. The summed E-state index contributed by atoms with van der Waals surface area (Å²) in [6, 6.07) is 18.4. The van der Waals surface area contributed by atoms with Crippen LogP contribution in [0.25, 0.3) is 17.0 Å². The highest BCUT2D eigenvalue weighted by Gasteiger charge is 2.13. The lowest BCUT2D eigenvalue weighted by Gasteiger charge is -2.04. The van der Waals surface area contributed by atoms with Gasteiger partial charge in [-0.05, 0) is 55.5 Å². The van der Waals surface area contributed by atoms with E-state index in [4.69, 9.17) is 9.68 Å². The molecular weight excluding hydrogens is 328 g/mol. The normalized spacial score (nSPS) is 10.6. The van der Waals surface area contributed by atoms with Gasteiger partial charge in [0.25, 0.3) is 5.91 Å². The molecular formula is C20H14N4O2. The highest BCUT2D eigenvalue weighted by Crippen LogP contribution is 2.23. The number of fused-ring (bicyclic) bond motifs is 1. The predicted octanol–water partition coefficient (Wildman–Crippen LogP) is 4.03. The Bertz CT molecular complexity index is 1150. The minimum atomic E-state index is -0.334. The molecule has 1 aromatic carbocycles. The molecule has 0 unspecified atom stereocenters. The van der Waals surface area contributed by atoms with Crippen molar-refractivity contribution in [2.24, 2.45) is 0 Å². The van der Waals surface area contributed by atoms with Gasteiger partial charge in [-0.25, -0.2) is 4.98 Å². The minimum Gasteiger partial charge on any atom is -0.461 e. The number of hydrogen-bond donors (Lipinski definition) is 1. The zero-order chi connectivity index (χ0) is 18.1. The fraction of sp³-hybridized carbons (Fsp3) is 0.0500. The molecule has 4 rings (SSSR count). The monoisotopic (exact) mass is 342 g/mol. The third-order valence-corrected chi connectivity index (χ3v) is 4.01. The average molecular weight is 342 g/mol. The third-order valence-electron chi connectivity index (χ3n) is 4.01. The number of carbonyl (C=O) groups is 1. The molecule has 4 aromatic rings. The van der Waals surface area contributed by atoms with Crippen molar-refractivity contribution in [3.63, 3.8) is 0 Å². The van der Waals surface area contributed by atoms with E-state index >= 15 is 0 Å². The van der Waals surface area contributed by atoms with E-state index in [-0.39, 0.29) is 11.6 Å². The maximum Gasteiger partial charge on any atom is 0.275 e. The molecule has 0 atom stereocenters. The molecule has 0 aliphatic rings. The Balaban J connectivity index is 1.56. The van der Waals surface area contributed by atoms with E-state index in [1.165, 1.54) is 0 Å². The summed E-state index contributed by atoms with van der Waals surface area (Å²) in [5, 5.41) is 11.9. The van der Waals surface area contributed by atoms with E-state index in [1.807, 2.05) is 43.3 Å². The Hall–Kier alpha value is -3.85. The van der Waals surface area contributed by atoms with Crippen LogP contribution in [0.5, 0.6) is 0 Å². The lowest BCUT2D eigenvalue weighted by Crippen LogP contribution is -2.12. The van der Waals surface area contributed by atoms with E-state index in [1.54, 1.807) is 28.8 Å². The SMILES string of the molecule is Cc1ccc(-c2ccc(NC(=O)c3cn4c(C#N)cccc4n3)cc2)o1. The Morgan fingerprint density at radius 3 is 2.65 bits per heavy atom. The molecule has 126 valence electrons. The quantitative estimate of drug-likeness (QED) is 0.609. The number of carbonyl (C=O) groups excluding carboxylic acids is 1. The molecule has 1 N–H and O–H groups in total. The molecule has 0 aliphatic heterocycles. The van der Waals surface area contributed by atoms with Gasteiger partial charge in [-0.15, -0.1) is 0 Å².